The number of hydrogen-bond acceptors (Lipinski definition) is 4. The minimum atomic E-state index is -0.668. The van der Waals surface area contributed by atoms with E-state index in [1.54, 1.807) is 23.9 Å². The lowest BCUT2D eigenvalue weighted by molar-refractivity contribution is -0.120. The lowest BCUT2D eigenvalue weighted by Gasteiger charge is -2.09. The highest BCUT2D eigenvalue weighted by atomic mass is 32.2. The molecular weight excluding hydrogens is 286 g/mol. The van der Waals surface area contributed by atoms with Gasteiger partial charge in [-0.2, -0.15) is 0 Å². The number of rotatable bonds is 8. The Labute approximate surface area is 128 Å². The van der Waals surface area contributed by atoms with Crippen LogP contribution in [0, 0.1) is 0 Å². The van der Waals surface area contributed by atoms with Crippen molar-refractivity contribution in [3.05, 3.63) is 54.5 Å². The Morgan fingerprint density at radius 3 is 2.76 bits per heavy atom. The van der Waals surface area contributed by atoms with Gasteiger partial charge in [0.25, 0.3) is 0 Å². The van der Waals surface area contributed by atoms with Crippen LogP contribution in [-0.2, 0) is 4.79 Å². The molecule has 2 aromatic rings. The maximum absolute atomic E-state index is 11.7. The summed E-state index contributed by atoms with van der Waals surface area (Å²) in [4.78, 5) is 12.8. The molecule has 1 aromatic carbocycles. The molecule has 0 radical (unpaired) electrons. The number of carbonyl (C=O) groups is 1. The maximum atomic E-state index is 11.7. The third-order valence-electron chi connectivity index (χ3n) is 2.95. The van der Waals surface area contributed by atoms with Crippen LogP contribution < -0.4 is 5.32 Å². The molecule has 0 aliphatic carbocycles. The van der Waals surface area contributed by atoms with E-state index in [1.807, 2.05) is 30.3 Å². The standard InChI is InChI=1S/C16H19NO3S/c18-14(15-7-4-11-20-15)8-10-17-16(19)9-12-21-13-5-2-1-3-6-13/h1-7,11,14,18H,8-10,12H2,(H,17,19)/t14-/m1/s1. The zero-order chi connectivity index (χ0) is 14.9. The van der Waals surface area contributed by atoms with Gasteiger partial charge in [0.05, 0.1) is 6.26 Å². The molecule has 1 heterocycles. The second-order valence-electron chi connectivity index (χ2n) is 4.58. The number of aliphatic hydroxyl groups excluding tert-OH is 1. The van der Waals surface area contributed by atoms with Crippen molar-refractivity contribution in [1.82, 2.24) is 5.32 Å². The monoisotopic (exact) mass is 305 g/mol. The normalized spacial score (nSPS) is 12.0. The van der Waals surface area contributed by atoms with Gasteiger partial charge in [0.1, 0.15) is 11.9 Å². The molecule has 1 aromatic heterocycles. The van der Waals surface area contributed by atoms with Crippen LogP contribution >= 0.6 is 11.8 Å². The van der Waals surface area contributed by atoms with E-state index in [-0.39, 0.29) is 5.91 Å². The molecule has 0 aliphatic rings. The van der Waals surface area contributed by atoms with Crippen LogP contribution in [0.25, 0.3) is 0 Å². The van der Waals surface area contributed by atoms with Gasteiger partial charge in [-0.3, -0.25) is 4.79 Å². The van der Waals surface area contributed by atoms with Crippen LogP contribution in [0.15, 0.2) is 58.0 Å². The Morgan fingerprint density at radius 1 is 1.24 bits per heavy atom. The molecule has 2 N–H and O–H groups in total. The van der Waals surface area contributed by atoms with Crippen LogP contribution in [0.3, 0.4) is 0 Å². The SMILES string of the molecule is O=C(CCSc1ccccc1)NCC[C@@H](O)c1ccco1. The van der Waals surface area contributed by atoms with Crippen molar-refractivity contribution in [1.29, 1.82) is 0 Å². The Hall–Kier alpha value is -1.72. The molecule has 5 heteroatoms. The first-order valence-corrected chi connectivity index (χ1v) is 7.90. The van der Waals surface area contributed by atoms with E-state index >= 15 is 0 Å². The van der Waals surface area contributed by atoms with Crippen molar-refractivity contribution in [3.63, 3.8) is 0 Å². The highest BCUT2D eigenvalue weighted by Gasteiger charge is 2.10. The fourth-order valence-electron chi connectivity index (χ4n) is 1.84. The minimum absolute atomic E-state index is 0.00470. The molecule has 112 valence electrons. The lowest BCUT2D eigenvalue weighted by Crippen LogP contribution is -2.25. The molecule has 0 unspecified atom stereocenters. The number of aliphatic hydroxyl groups is 1. The average Bonchev–Trinajstić information content (AvgIpc) is 3.02. The molecule has 0 fully saturated rings. The smallest absolute Gasteiger partial charge is 0.220 e. The van der Waals surface area contributed by atoms with Crippen molar-refractivity contribution < 1.29 is 14.3 Å². The van der Waals surface area contributed by atoms with Gasteiger partial charge in [0.15, 0.2) is 0 Å². The maximum Gasteiger partial charge on any atom is 0.220 e. The number of thioether (sulfide) groups is 1. The third-order valence-corrected chi connectivity index (χ3v) is 3.97. The van der Waals surface area contributed by atoms with Crippen LogP contribution in [0.4, 0.5) is 0 Å². The number of hydrogen-bond donors (Lipinski definition) is 2. The van der Waals surface area contributed by atoms with Gasteiger partial charge in [-0.25, -0.2) is 0 Å². The minimum Gasteiger partial charge on any atom is -0.467 e. The van der Waals surface area contributed by atoms with Crippen LogP contribution in [-0.4, -0.2) is 23.3 Å². The second kappa shape index (κ2) is 8.54. The molecular formula is C16H19NO3S. The van der Waals surface area contributed by atoms with Gasteiger partial charge in [0, 0.05) is 23.6 Å². The van der Waals surface area contributed by atoms with Gasteiger partial charge in [-0.15, -0.1) is 11.8 Å². The van der Waals surface area contributed by atoms with Gasteiger partial charge in [-0.1, -0.05) is 18.2 Å². The Bertz CT molecular complexity index is 528. The molecule has 0 aliphatic heterocycles. The highest BCUT2D eigenvalue weighted by molar-refractivity contribution is 7.99. The highest BCUT2D eigenvalue weighted by Crippen LogP contribution is 2.18. The average molecular weight is 305 g/mol. The molecule has 0 bridgehead atoms. The van der Waals surface area contributed by atoms with E-state index < -0.39 is 6.10 Å². The summed E-state index contributed by atoms with van der Waals surface area (Å²) in [6.45, 7) is 0.441. The lowest BCUT2D eigenvalue weighted by atomic mass is 10.2. The van der Waals surface area contributed by atoms with E-state index in [9.17, 15) is 9.90 Å². The topological polar surface area (TPSA) is 62.5 Å². The van der Waals surface area contributed by atoms with Gasteiger partial charge < -0.3 is 14.8 Å². The summed E-state index contributed by atoms with van der Waals surface area (Å²) in [6, 6.07) is 13.5. The van der Waals surface area contributed by atoms with Crippen LogP contribution in [0.1, 0.15) is 24.7 Å². The summed E-state index contributed by atoms with van der Waals surface area (Å²) >= 11 is 1.66. The quantitative estimate of drug-likeness (QED) is 0.736. The first kappa shape index (κ1) is 15.7. The summed E-state index contributed by atoms with van der Waals surface area (Å²) in [5.41, 5.74) is 0. The zero-order valence-corrected chi connectivity index (χ0v) is 12.5. The van der Waals surface area contributed by atoms with Gasteiger partial charge in [-0.05, 0) is 30.7 Å². The number of carbonyl (C=O) groups excluding carboxylic acids is 1. The van der Waals surface area contributed by atoms with E-state index in [1.165, 1.54) is 11.2 Å². The van der Waals surface area contributed by atoms with Crippen LogP contribution in [0.5, 0.6) is 0 Å². The predicted molar refractivity (Wildman–Crippen MR) is 83.1 cm³/mol. The van der Waals surface area contributed by atoms with Crippen molar-refractivity contribution in [3.8, 4) is 0 Å². The molecule has 2 rings (SSSR count). The molecule has 1 amide bonds. The molecule has 21 heavy (non-hydrogen) atoms. The van der Waals surface area contributed by atoms with Gasteiger partial charge in [0.2, 0.25) is 5.91 Å². The van der Waals surface area contributed by atoms with E-state index in [4.69, 9.17) is 4.42 Å². The summed E-state index contributed by atoms with van der Waals surface area (Å²) in [5, 5.41) is 12.6. The Kier molecular flexibility index (Phi) is 6.37. The Balaban J connectivity index is 1.57. The summed E-state index contributed by atoms with van der Waals surface area (Å²) in [7, 11) is 0. The van der Waals surface area contributed by atoms with Crippen molar-refractivity contribution in [2.24, 2.45) is 0 Å². The largest absolute Gasteiger partial charge is 0.467 e. The summed E-state index contributed by atoms with van der Waals surface area (Å²) in [6.07, 6.45) is 1.78. The predicted octanol–water partition coefficient (Wildman–Crippen LogP) is 3.00. The third kappa shape index (κ3) is 5.65. The molecule has 0 saturated heterocycles. The first-order chi connectivity index (χ1) is 10.3. The zero-order valence-electron chi connectivity index (χ0n) is 11.7. The van der Waals surface area contributed by atoms with Crippen LogP contribution in [0.2, 0.25) is 0 Å². The van der Waals surface area contributed by atoms with E-state index in [2.05, 4.69) is 5.32 Å². The van der Waals surface area contributed by atoms with Gasteiger partial charge >= 0.3 is 0 Å². The van der Waals surface area contributed by atoms with E-state index in [0.29, 0.717) is 25.1 Å². The summed E-state index contributed by atoms with van der Waals surface area (Å²) in [5.74, 6) is 1.28. The first-order valence-electron chi connectivity index (χ1n) is 6.92. The molecule has 0 spiro atoms. The fraction of sp³-hybridized carbons (Fsp3) is 0.312. The van der Waals surface area contributed by atoms with Crippen molar-refractivity contribution >= 4 is 17.7 Å². The molecule has 0 saturated carbocycles. The fourth-order valence-corrected chi connectivity index (χ4v) is 2.71. The molecule has 4 nitrogen and oxygen atoms in total. The van der Waals surface area contributed by atoms with Crippen molar-refractivity contribution in [2.75, 3.05) is 12.3 Å². The summed E-state index contributed by atoms with van der Waals surface area (Å²) < 4.78 is 5.10. The molecule has 1 atom stereocenters. The number of nitrogens with one attached hydrogen (secondary N) is 1. The van der Waals surface area contributed by atoms with E-state index in [0.717, 1.165) is 5.75 Å². The number of benzene rings is 1. The Morgan fingerprint density at radius 2 is 2.05 bits per heavy atom. The number of amides is 1. The number of furan rings is 1. The van der Waals surface area contributed by atoms with Crippen molar-refractivity contribution in [2.45, 2.75) is 23.8 Å². The second-order valence-corrected chi connectivity index (χ2v) is 5.75.